The van der Waals surface area contributed by atoms with Crippen LogP contribution in [0.2, 0.25) is 0 Å². The van der Waals surface area contributed by atoms with Crippen LogP contribution in [0.3, 0.4) is 0 Å². The average Bonchev–Trinajstić information content (AvgIpc) is 2.45. The topological polar surface area (TPSA) is 15.3 Å². The summed E-state index contributed by atoms with van der Waals surface area (Å²) >= 11 is 0. The predicted molar refractivity (Wildman–Crippen MR) is 87.9 cm³/mol. The van der Waals surface area contributed by atoms with Crippen molar-refractivity contribution < 1.29 is 17.6 Å². The maximum Gasteiger partial charge on any atom is 0.416 e. The molecule has 23 heavy (non-hydrogen) atoms. The Labute approximate surface area is 145 Å². The SMILES string of the molecule is C=CC[C@H](c1ccc(F)cc1C(F)(F)F)N1CCNCC1.Cl.Cl. The molecule has 1 heterocycles. The molecule has 0 aliphatic carbocycles. The Kier molecular flexibility index (Phi) is 9.13. The molecule has 1 atom stereocenters. The molecule has 0 saturated carbocycles. The summed E-state index contributed by atoms with van der Waals surface area (Å²) in [4.78, 5) is 1.99. The Morgan fingerprint density at radius 3 is 2.35 bits per heavy atom. The zero-order chi connectivity index (χ0) is 15.5. The van der Waals surface area contributed by atoms with Gasteiger partial charge in [0.2, 0.25) is 0 Å². The minimum Gasteiger partial charge on any atom is -0.314 e. The third-order valence-corrected chi connectivity index (χ3v) is 3.66. The maximum absolute atomic E-state index is 13.2. The lowest BCUT2D eigenvalue weighted by molar-refractivity contribution is -0.139. The van der Waals surface area contributed by atoms with Crippen molar-refractivity contribution >= 4 is 24.8 Å². The number of hydrogen-bond acceptors (Lipinski definition) is 2. The molecular formula is C15H20Cl2F4N2. The van der Waals surface area contributed by atoms with Gasteiger partial charge in [-0.2, -0.15) is 13.2 Å². The number of alkyl halides is 3. The maximum atomic E-state index is 13.2. The van der Waals surface area contributed by atoms with Crippen molar-refractivity contribution in [3.8, 4) is 0 Å². The molecular weight excluding hydrogens is 355 g/mol. The zero-order valence-electron chi connectivity index (χ0n) is 12.4. The summed E-state index contributed by atoms with van der Waals surface area (Å²) in [5.74, 6) is -0.872. The van der Waals surface area contributed by atoms with Gasteiger partial charge in [0.25, 0.3) is 0 Å². The van der Waals surface area contributed by atoms with Gasteiger partial charge in [0, 0.05) is 32.2 Å². The Morgan fingerprint density at radius 2 is 1.83 bits per heavy atom. The predicted octanol–water partition coefficient (Wildman–Crippen LogP) is 4.21. The van der Waals surface area contributed by atoms with Gasteiger partial charge in [0.1, 0.15) is 5.82 Å². The standard InChI is InChI=1S/C15H18F4N2.2ClH/c1-2-3-14(21-8-6-20-7-9-21)12-5-4-11(16)10-13(12)15(17,18)19;;/h2,4-5,10,14,20H,1,3,6-9H2;2*1H/t14-;;/m1../s1. The van der Waals surface area contributed by atoms with Gasteiger partial charge in [-0.15, -0.1) is 31.4 Å². The van der Waals surface area contributed by atoms with E-state index < -0.39 is 23.6 Å². The molecule has 8 heteroatoms. The van der Waals surface area contributed by atoms with Crippen LogP contribution < -0.4 is 5.32 Å². The quantitative estimate of drug-likeness (QED) is 0.627. The largest absolute Gasteiger partial charge is 0.416 e. The molecule has 0 amide bonds. The minimum absolute atomic E-state index is 0. The van der Waals surface area contributed by atoms with E-state index in [4.69, 9.17) is 0 Å². The molecule has 0 radical (unpaired) electrons. The summed E-state index contributed by atoms with van der Waals surface area (Å²) in [5, 5.41) is 3.17. The van der Waals surface area contributed by atoms with Gasteiger partial charge < -0.3 is 5.32 Å². The summed E-state index contributed by atoms with van der Waals surface area (Å²) < 4.78 is 52.7. The summed E-state index contributed by atoms with van der Waals surface area (Å²) in [6.07, 6.45) is -2.56. The van der Waals surface area contributed by atoms with E-state index in [1.165, 1.54) is 6.07 Å². The Bertz CT molecular complexity index is 503. The van der Waals surface area contributed by atoms with Crippen molar-refractivity contribution in [3.63, 3.8) is 0 Å². The third kappa shape index (κ3) is 5.64. The van der Waals surface area contributed by atoms with Crippen LogP contribution in [0.5, 0.6) is 0 Å². The van der Waals surface area contributed by atoms with E-state index in [-0.39, 0.29) is 30.4 Å². The number of hydrogen-bond donors (Lipinski definition) is 1. The third-order valence-electron chi connectivity index (χ3n) is 3.66. The highest BCUT2D eigenvalue weighted by molar-refractivity contribution is 5.85. The normalized spacial score (nSPS) is 16.9. The van der Waals surface area contributed by atoms with Gasteiger partial charge in [-0.1, -0.05) is 12.1 Å². The second kappa shape index (κ2) is 9.47. The second-order valence-electron chi connectivity index (χ2n) is 5.06. The van der Waals surface area contributed by atoms with Gasteiger partial charge >= 0.3 is 6.18 Å². The zero-order valence-corrected chi connectivity index (χ0v) is 14.0. The van der Waals surface area contributed by atoms with E-state index in [2.05, 4.69) is 11.9 Å². The van der Waals surface area contributed by atoms with Crippen LogP contribution in [0.4, 0.5) is 17.6 Å². The summed E-state index contributed by atoms with van der Waals surface area (Å²) in [5.41, 5.74) is -0.779. The van der Waals surface area contributed by atoms with E-state index in [0.29, 0.717) is 25.6 Å². The Morgan fingerprint density at radius 1 is 1.22 bits per heavy atom. The average molecular weight is 375 g/mol. The number of rotatable bonds is 4. The number of benzene rings is 1. The molecule has 0 aromatic heterocycles. The van der Waals surface area contributed by atoms with Crippen LogP contribution in [0.15, 0.2) is 30.9 Å². The van der Waals surface area contributed by atoms with Crippen molar-refractivity contribution in [3.05, 3.63) is 47.8 Å². The summed E-state index contributed by atoms with van der Waals surface area (Å²) in [6, 6.07) is 2.48. The molecule has 0 unspecified atom stereocenters. The molecule has 1 fully saturated rings. The monoisotopic (exact) mass is 374 g/mol. The molecule has 0 spiro atoms. The number of halogens is 6. The molecule has 1 aliphatic rings. The Hall–Kier alpha value is -0.820. The van der Waals surface area contributed by atoms with E-state index in [9.17, 15) is 17.6 Å². The van der Waals surface area contributed by atoms with Crippen molar-refractivity contribution in [1.29, 1.82) is 0 Å². The van der Waals surface area contributed by atoms with Gasteiger partial charge in [-0.05, 0) is 24.1 Å². The molecule has 0 bridgehead atoms. The van der Waals surface area contributed by atoms with Crippen molar-refractivity contribution in [2.45, 2.75) is 18.6 Å². The fourth-order valence-electron chi connectivity index (χ4n) is 2.69. The van der Waals surface area contributed by atoms with Crippen LogP contribution >= 0.6 is 24.8 Å². The number of piperazine rings is 1. The fourth-order valence-corrected chi connectivity index (χ4v) is 2.69. The number of nitrogens with zero attached hydrogens (tertiary/aromatic N) is 1. The van der Waals surface area contributed by atoms with Crippen LogP contribution in [-0.4, -0.2) is 31.1 Å². The van der Waals surface area contributed by atoms with Crippen LogP contribution in [0.1, 0.15) is 23.6 Å². The lowest BCUT2D eigenvalue weighted by Crippen LogP contribution is -2.45. The van der Waals surface area contributed by atoms with Gasteiger partial charge in [0.05, 0.1) is 5.56 Å². The Balaban J connectivity index is 0.00000242. The van der Waals surface area contributed by atoms with E-state index >= 15 is 0 Å². The highest BCUT2D eigenvalue weighted by Crippen LogP contribution is 2.38. The van der Waals surface area contributed by atoms with Gasteiger partial charge in [-0.25, -0.2) is 4.39 Å². The molecule has 1 aromatic rings. The van der Waals surface area contributed by atoms with E-state index in [1.807, 2.05) is 4.90 Å². The van der Waals surface area contributed by atoms with E-state index in [0.717, 1.165) is 19.2 Å². The lowest BCUT2D eigenvalue weighted by Gasteiger charge is -2.35. The van der Waals surface area contributed by atoms with Crippen LogP contribution in [-0.2, 0) is 6.18 Å². The van der Waals surface area contributed by atoms with Crippen molar-refractivity contribution in [2.75, 3.05) is 26.2 Å². The van der Waals surface area contributed by atoms with E-state index in [1.54, 1.807) is 6.08 Å². The summed E-state index contributed by atoms with van der Waals surface area (Å²) in [6.45, 7) is 6.42. The molecule has 2 rings (SSSR count). The molecule has 1 saturated heterocycles. The molecule has 2 nitrogen and oxygen atoms in total. The van der Waals surface area contributed by atoms with Crippen molar-refractivity contribution in [2.24, 2.45) is 0 Å². The highest BCUT2D eigenvalue weighted by Gasteiger charge is 2.36. The smallest absolute Gasteiger partial charge is 0.314 e. The van der Waals surface area contributed by atoms with Gasteiger partial charge in [-0.3, -0.25) is 4.90 Å². The first-order chi connectivity index (χ1) is 9.93. The molecule has 132 valence electrons. The molecule has 1 aromatic carbocycles. The van der Waals surface area contributed by atoms with Crippen LogP contribution in [0.25, 0.3) is 0 Å². The number of nitrogens with one attached hydrogen (secondary N) is 1. The summed E-state index contributed by atoms with van der Waals surface area (Å²) in [7, 11) is 0. The second-order valence-corrected chi connectivity index (χ2v) is 5.06. The molecule has 1 aliphatic heterocycles. The molecule has 1 N–H and O–H groups in total. The first kappa shape index (κ1) is 22.2. The van der Waals surface area contributed by atoms with Crippen molar-refractivity contribution in [1.82, 2.24) is 10.2 Å². The van der Waals surface area contributed by atoms with Gasteiger partial charge in [0.15, 0.2) is 0 Å². The van der Waals surface area contributed by atoms with Crippen LogP contribution in [0, 0.1) is 5.82 Å². The first-order valence-electron chi connectivity index (χ1n) is 6.86. The highest BCUT2D eigenvalue weighted by atomic mass is 35.5. The minimum atomic E-state index is -4.56. The fraction of sp³-hybridized carbons (Fsp3) is 0.467. The lowest BCUT2D eigenvalue weighted by atomic mass is 9.95. The first-order valence-corrected chi connectivity index (χ1v) is 6.86.